The van der Waals surface area contributed by atoms with Crippen molar-refractivity contribution in [3.63, 3.8) is 0 Å². The molecule has 0 aliphatic carbocycles. The van der Waals surface area contributed by atoms with E-state index in [9.17, 15) is 22.3 Å². The van der Waals surface area contributed by atoms with E-state index in [1.54, 1.807) is 0 Å². The van der Waals surface area contributed by atoms with Crippen LogP contribution in [0.4, 0.5) is 8.78 Å². The van der Waals surface area contributed by atoms with Crippen LogP contribution in [0.25, 0.3) is 0 Å². The summed E-state index contributed by atoms with van der Waals surface area (Å²) in [6.07, 6.45) is 0.116. The van der Waals surface area contributed by atoms with Gasteiger partial charge in [-0.15, -0.1) is 0 Å². The van der Waals surface area contributed by atoms with Gasteiger partial charge in [-0.25, -0.2) is 8.78 Å². The molecule has 0 fully saturated rings. The highest BCUT2D eigenvalue weighted by Crippen LogP contribution is 2.15. The van der Waals surface area contributed by atoms with Gasteiger partial charge in [0.05, 0.1) is 10.5 Å². The van der Waals surface area contributed by atoms with E-state index in [-0.39, 0.29) is 6.29 Å². The zero-order chi connectivity index (χ0) is 10.0. The molecule has 0 saturated heterocycles. The molecular weight excluding hydrogens is 202 g/mol. The molecule has 6 heteroatoms. The van der Waals surface area contributed by atoms with Crippen LogP contribution in [0.15, 0.2) is 17.0 Å². The SMILES string of the molecule is O=Cc1cc(S(=O)[O-])c(F)cc1F. The number of rotatable bonds is 2. The second kappa shape index (κ2) is 3.71. The molecule has 1 aromatic carbocycles. The maximum atomic E-state index is 12.7. The first kappa shape index (κ1) is 9.94. The fourth-order valence-electron chi connectivity index (χ4n) is 0.763. The molecule has 13 heavy (non-hydrogen) atoms. The van der Waals surface area contributed by atoms with E-state index in [0.29, 0.717) is 12.1 Å². The van der Waals surface area contributed by atoms with Crippen molar-refractivity contribution < 1.29 is 22.3 Å². The summed E-state index contributed by atoms with van der Waals surface area (Å²) in [6.45, 7) is 0. The first-order valence-corrected chi connectivity index (χ1v) is 4.17. The van der Waals surface area contributed by atoms with E-state index in [4.69, 9.17) is 0 Å². The first-order chi connectivity index (χ1) is 6.06. The zero-order valence-electron chi connectivity index (χ0n) is 6.12. The summed E-state index contributed by atoms with van der Waals surface area (Å²) in [5.41, 5.74) is -0.486. The lowest BCUT2D eigenvalue weighted by molar-refractivity contribution is 0.111. The van der Waals surface area contributed by atoms with E-state index in [1.165, 1.54) is 0 Å². The van der Waals surface area contributed by atoms with Gasteiger partial charge in [-0.1, -0.05) is 0 Å². The van der Waals surface area contributed by atoms with E-state index in [2.05, 4.69) is 0 Å². The zero-order valence-corrected chi connectivity index (χ0v) is 6.94. The summed E-state index contributed by atoms with van der Waals surface area (Å²) in [7, 11) is 0. The minimum Gasteiger partial charge on any atom is -0.768 e. The van der Waals surface area contributed by atoms with E-state index >= 15 is 0 Å². The molecule has 1 aromatic rings. The van der Waals surface area contributed by atoms with Gasteiger partial charge in [0.25, 0.3) is 0 Å². The molecular formula is C7H3F2O3S-. The highest BCUT2D eigenvalue weighted by Gasteiger charge is 2.09. The van der Waals surface area contributed by atoms with E-state index in [0.717, 1.165) is 0 Å². The maximum Gasteiger partial charge on any atom is 0.153 e. The molecule has 0 aliphatic rings. The van der Waals surface area contributed by atoms with E-state index < -0.39 is 33.2 Å². The number of hydrogen-bond donors (Lipinski definition) is 0. The number of aldehydes is 1. The van der Waals surface area contributed by atoms with Crippen molar-refractivity contribution in [3.8, 4) is 0 Å². The average molecular weight is 205 g/mol. The molecule has 0 aliphatic heterocycles. The Hall–Kier alpha value is -1.14. The number of carbonyl (C=O) groups is 1. The Bertz CT molecular complexity index is 378. The fraction of sp³-hybridized carbons (Fsp3) is 0. The van der Waals surface area contributed by atoms with Gasteiger partial charge in [-0.2, -0.15) is 0 Å². The monoisotopic (exact) mass is 205 g/mol. The van der Waals surface area contributed by atoms with Gasteiger partial charge in [0.2, 0.25) is 0 Å². The van der Waals surface area contributed by atoms with Gasteiger partial charge in [0.15, 0.2) is 6.29 Å². The molecule has 0 radical (unpaired) electrons. The Morgan fingerprint density at radius 3 is 2.38 bits per heavy atom. The summed E-state index contributed by atoms with van der Waals surface area (Å²) in [5, 5.41) is 0. The lowest BCUT2D eigenvalue weighted by atomic mass is 10.2. The topological polar surface area (TPSA) is 57.2 Å². The van der Waals surface area contributed by atoms with Gasteiger partial charge in [-0.3, -0.25) is 9.00 Å². The molecule has 3 nitrogen and oxygen atoms in total. The summed E-state index contributed by atoms with van der Waals surface area (Å²) in [5.74, 6) is -2.29. The largest absolute Gasteiger partial charge is 0.768 e. The normalized spacial score (nSPS) is 12.5. The van der Waals surface area contributed by atoms with Crippen molar-refractivity contribution in [2.24, 2.45) is 0 Å². The number of carbonyl (C=O) groups excluding carboxylic acids is 1. The van der Waals surface area contributed by atoms with Crippen molar-refractivity contribution in [1.82, 2.24) is 0 Å². The van der Waals surface area contributed by atoms with Crippen molar-refractivity contribution >= 4 is 17.4 Å². The molecule has 1 atom stereocenters. The molecule has 0 N–H and O–H groups in total. The van der Waals surface area contributed by atoms with Crippen LogP contribution in [0.1, 0.15) is 10.4 Å². The summed E-state index contributed by atoms with van der Waals surface area (Å²) >= 11 is -2.81. The Labute approximate surface area is 74.7 Å². The first-order valence-electron chi connectivity index (χ1n) is 3.09. The summed E-state index contributed by atoms with van der Waals surface area (Å²) in [4.78, 5) is 9.43. The third kappa shape index (κ3) is 1.96. The van der Waals surface area contributed by atoms with Crippen LogP contribution in [0.2, 0.25) is 0 Å². The summed E-state index contributed by atoms with van der Waals surface area (Å²) < 4.78 is 45.9. The minimum atomic E-state index is -2.81. The Morgan fingerprint density at radius 1 is 1.31 bits per heavy atom. The highest BCUT2D eigenvalue weighted by atomic mass is 32.2. The number of benzene rings is 1. The van der Waals surface area contributed by atoms with Gasteiger partial charge in [0, 0.05) is 6.07 Å². The van der Waals surface area contributed by atoms with E-state index in [1.807, 2.05) is 0 Å². The highest BCUT2D eigenvalue weighted by molar-refractivity contribution is 7.79. The van der Waals surface area contributed by atoms with Crippen LogP contribution >= 0.6 is 0 Å². The third-order valence-electron chi connectivity index (χ3n) is 1.36. The van der Waals surface area contributed by atoms with Crippen LogP contribution in [0.3, 0.4) is 0 Å². The van der Waals surface area contributed by atoms with Gasteiger partial charge in [0.1, 0.15) is 11.6 Å². The molecule has 1 rings (SSSR count). The average Bonchev–Trinajstić information content (AvgIpc) is 2.03. The molecule has 70 valence electrons. The smallest absolute Gasteiger partial charge is 0.153 e. The van der Waals surface area contributed by atoms with Gasteiger partial charge < -0.3 is 4.55 Å². The van der Waals surface area contributed by atoms with Crippen LogP contribution in [0.5, 0.6) is 0 Å². The van der Waals surface area contributed by atoms with Crippen LogP contribution < -0.4 is 0 Å². The quantitative estimate of drug-likeness (QED) is 0.535. The van der Waals surface area contributed by atoms with Crippen LogP contribution in [-0.4, -0.2) is 15.0 Å². The summed E-state index contributed by atoms with van der Waals surface area (Å²) in [6, 6.07) is 0.996. The third-order valence-corrected chi connectivity index (χ3v) is 2.03. The molecule has 0 aromatic heterocycles. The molecule has 0 amide bonds. The molecule has 0 spiro atoms. The van der Waals surface area contributed by atoms with Gasteiger partial charge >= 0.3 is 0 Å². The minimum absolute atomic E-state index is 0.116. The lowest BCUT2D eigenvalue weighted by Gasteiger charge is -2.06. The molecule has 0 saturated carbocycles. The Balaban J connectivity index is 3.38. The second-order valence-electron chi connectivity index (χ2n) is 2.16. The lowest BCUT2D eigenvalue weighted by Crippen LogP contribution is -1.98. The predicted molar refractivity (Wildman–Crippen MR) is 38.9 cm³/mol. The number of halogens is 2. The van der Waals surface area contributed by atoms with Crippen molar-refractivity contribution in [3.05, 3.63) is 29.3 Å². The van der Waals surface area contributed by atoms with Crippen molar-refractivity contribution in [1.29, 1.82) is 0 Å². The standard InChI is InChI=1S/C7H4F2O3S/c8-5-2-6(9)7(13(11)12)1-4(5)3-10/h1-3H,(H,11,12)/p-1. The van der Waals surface area contributed by atoms with Crippen LogP contribution in [0, 0.1) is 11.6 Å². The fourth-order valence-corrected chi connectivity index (χ4v) is 1.20. The maximum absolute atomic E-state index is 12.7. The van der Waals surface area contributed by atoms with Crippen molar-refractivity contribution in [2.45, 2.75) is 4.90 Å². The predicted octanol–water partition coefficient (Wildman–Crippen LogP) is 1.02. The Morgan fingerprint density at radius 2 is 1.92 bits per heavy atom. The second-order valence-corrected chi connectivity index (χ2v) is 3.07. The molecule has 1 unspecified atom stereocenters. The Kier molecular flexibility index (Phi) is 2.84. The van der Waals surface area contributed by atoms with Crippen molar-refractivity contribution in [2.75, 3.05) is 0 Å². The molecule has 0 bridgehead atoms. The molecule has 0 heterocycles. The van der Waals surface area contributed by atoms with Crippen LogP contribution in [-0.2, 0) is 11.1 Å². The number of hydrogen-bond acceptors (Lipinski definition) is 3. The van der Waals surface area contributed by atoms with Gasteiger partial charge in [-0.05, 0) is 17.1 Å².